The third-order valence-corrected chi connectivity index (χ3v) is 3.54. The number of benzene rings is 2. The van der Waals surface area contributed by atoms with Crippen molar-refractivity contribution < 1.29 is 13.6 Å². The van der Waals surface area contributed by atoms with Crippen LogP contribution in [0.1, 0.15) is 28.9 Å². The first-order valence-corrected chi connectivity index (χ1v) is 6.78. The van der Waals surface area contributed by atoms with Crippen LogP contribution in [-0.2, 0) is 0 Å². The van der Waals surface area contributed by atoms with E-state index in [9.17, 15) is 13.6 Å². The van der Waals surface area contributed by atoms with Crippen LogP contribution in [0.4, 0.5) is 8.78 Å². The van der Waals surface area contributed by atoms with E-state index in [-0.39, 0.29) is 15.9 Å². The van der Waals surface area contributed by atoms with E-state index in [0.717, 1.165) is 6.07 Å². The Labute approximate surface area is 123 Å². The highest BCUT2D eigenvalue weighted by molar-refractivity contribution is 9.10. The number of rotatable bonds is 3. The Bertz CT molecular complexity index is 646. The molecule has 1 atom stereocenters. The van der Waals surface area contributed by atoms with Crippen LogP contribution in [0.2, 0.25) is 0 Å². The number of carbonyl (C=O) groups excluding carboxylic acids is 1. The standard InChI is InChI=1S/C15H12BrF2NO/c1-9(11-4-2-3-5-13(11)17)19-15(20)10-6-7-12(16)14(18)8-10/h2-9H,1H3,(H,19,20). The Hall–Kier alpha value is -1.75. The largest absolute Gasteiger partial charge is 0.345 e. The number of carbonyl (C=O) groups is 1. The first-order valence-electron chi connectivity index (χ1n) is 5.99. The molecule has 20 heavy (non-hydrogen) atoms. The molecule has 2 aromatic carbocycles. The lowest BCUT2D eigenvalue weighted by molar-refractivity contribution is 0.0939. The molecule has 0 aliphatic rings. The third kappa shape index (κ3) is 3.22. The van der Waals surface area contributed by atoms with Crippen molar-refractivity contribution in [3.05, 3.63) is 69.7 Å². The summed E-state index contributed by atoms with van der Waals surface area (Å²) in [6, 6.07) is 9.79. The van der Waals surface area contributed by atoms with Gasteiger partial charge in [0.1, 0.15) is 11.6 Å². The summed E-state index contributed by atoms with van der Waals surface area (Å²) in [5.41, 5.74) is 0.576. The zero-order chi connectivity index (χ0) is 14.7. The molecule has 0 radical (unpaired) electrons. The molecule has 2 nitrogen and oxygen atoms in total. The molecule has 0 aromatic heterocycles. The fourth-order valence-electron chi connectivity index (χ4n) is 1.82. The Kier molecular flexibility index (Phi) is 4.49. The minimum atomic E-state index is -0.517. The van der Waals surface area contributed by atoms with Gasteiger partial charge < -0.3 is 5.32 Å². The Balaban J connectivity index is 2.15. The minimum Gasteiger partial charge on any atom is -0.345 e. The highest BCUT2D eigenvalue weighted by Crippen LogP contribution is 2.19. The fourth-order valence-corrected chi connectivity index (χ4v) is 2.07. The van der Waals surface area contributed by atoms with Gasteiger partial charge in [-0.05, 0) is 47.1 Å². The van der Waals surface area contributed by atoms with Gasteiger partial charge in [0.15, 0.2) is 0 Å². The molecule has 0 saturated carbocycles. The molecule has 104 valence electrons. The molecule has 0 bridgehead atoms. The van der Waals surface area contributed by atoms with Crippen molar-refractivity contribution in [1.29, 1.82) is 0 Å². The lowest BCUT2D eigenvalue weighted by Gasteiger charge is -2.15. The summed E-state index contributed by atoms with van der Waals surface area (Å²) in [4.78, 5) is 12.0. The molecule has 1 N–H and O–H groups in total. The molecule has 0 aliphatic carbocycles. The molecule has 0 saturated heterocycles. The molecule has 1 amide bonds. The van der Waals surface area contributed by atoms with E-state index in [0.29, 0.717) is 5.56 Å². The number of hydrogen-bond donors (Lipinski definition) is 1. The summed E-state index contributed by atoms with van der Waals surface area (Å²) in [5, 5.41) is 2.64. The summed E-state index contributed by atoms with van der Waals surface area (Å²) in [7, 11) is 0. The first kappa shape index (κ1) is 14.7. The van der Waals surface area contributed by atoms with Gasteiger partial charge in [-0.3, -0.25) is 4.79 Å². The van der Waals surface area contributed by atoms with Gasteiger partial charge in [0, 0.05) is 11.1 Å². The summed E-state index contributed by atoms with van der Waals surface area (Å²) in [6.45, 7) is 1.67. The summed E-state index contributed by atoms with van der Waals surface area (Å²) < 4.78 is 27.3. The molecule has 2 rings (SSSR count). The molecular formula is C15H12BrF2NO. The van der Waals surface area contributed by atoms with Gasteiger partial charge in [0.05, 0.1) is 10.5 Å². The molecule has 0 spiro atoms. The lowest BCUT2D eigenvalue weighted by atomic mass is 10.1. The van der Waals surface area contributed by atoms with Gasteiger partial charge in [-0.25, -0.2) is 8.78 Å². The quantitative estimate of drug-likeness (QED) is 0.891. The summed E-state index contributed by atoms with van der Waals surface area (Å²) in [5.74, 6) is -1.36. The maximum absolute atomic E-state index is 13.6. The minimum absolute atomic E-state index is 0.189. The fraction of sp³-hybridized carbons (Fsp3) is 0.133. The number of nitrogens with one attached hydrogen (secondary N) is 1. The third-order valence-electron chi connectivity index (χ3n) is 2.90. The Morgan fingerprint density at radius 1 is 1.15 bits per heavy atom. The Morgan fingerprint density at radius 2 is 1.85 bits per heavy atom. The van der Waals surface area contributed by atoms with Gasteiger partial charge >= 0.3 is 0 Å². The molecule has 0 heterocycles. The monoisotopic (exact) mass is 339 g/mol. The highest BCUT2D eigenvalue weighted by atomic mass is 79.9. The van der Waals surface area contributed by atoms with Crippen molar-refractivity contribution in [2.24, 2.45) is 0 Å². The second-order valence-corrected chi connectivity index (χ2v) is 5.20. The van der Waals surface area contributed by atoms with E-state index >= 15 is 0 Å². The molecule has 0 fully saturated rings. The average Bonchev–Trinajstić information content (AvgIpc) is 2.42. The van der Waals surface area contributed by atoms with Crippen LogP contribution in [0.5, 0.6) is 0 Å². The number of hydrogen-bond acceptors (Lipinski definition) is 1. The molecule has 5 heteroatoms. The van der Waals surface area contributed by atoms with Crippen molar-refractivity contribution in [1.82, 2.24) is 5.32 Å². The van der Waals surface area contributed by atoms with Gasteiger partial charge in [-0.2, -0.15) is 0 Å². The molecule has 0 aliphatic heterocycles. The predicted molar refractivity (Wildman–Crippen MR) is 76.4 cm³/mol. The van der Waals surface area contributed by atoms with Crippen LogP contribution in [0.3, 0.4) is 0 Å². The predicted octanol–water partition coefficient (Wildman–Crippen LogP) is 4.22. The van der Waals surface area contributed by atoms with E-state index in [1.807, 2.05) is 0 Å². The van der Waals surface area contributed by atoms with Crippen LogP contribution in [0, 0.1) is 11.6 Å². The maximum Gasteiger partial charge on any atom is 0.251 e. The van der Waals surface area contributed by atoms with Crippen molar-refractivity contribution in [3.8, 4) is 0 Å². The van der Waals surface area contributed by atoms with Crippen LogP contribution < -0.4 is 5.32 Å². The first-order chi connectivity index (χ1) is 9.49. The average molecular weight is 340 g/mol. The number of amides is 1. The molecular weight excluding hydrogens is 328 g/mol. The summed E-state index contributed by atoms with van der Waals surface area (Å²) in [6.07, 6.45) is 0. The highest BCUT2D eigenvalue weighted by Gasteiger charge is 2.15. The zero-order valence-electron chi connectivity index (χ0n) is 10.7. The SMILES string of the molecule is CC(NC(=O)c1ccc(Br)c(F)c1)c1ccccc1F. The lowest BCUT2D eigenvalue weighted by Crippen LogP contribution is -2.27. The van der Waals surface area contributed by atoms with Crippen LogP contribution in [0.25, 0.3) is 0 Å². The number of halogens is 3. The van der Waals surface area contributed by atoms with Gasteiger partial charge in [0.25, 0.3) is 5.91 Å². The Morgan fingerprint density at radius 3 is 2.50 bits per heavy atom. The van der Waals surface area contributed by atoms with Crippen LogP contribution in [0.15, 0.2) is 46.9 Å². The topological polar surface area (TPSA) is 29.1 Å². The maximum atomic E-state index is 13.6. The van der Waals surface area contributed by atoms with Gasteiger partial charge in [-0.1, -0.05) is 18.2 Å². The van der Waals surface area contributed by atoms with E-state index < -0.39 is 17.8 Å². The van der Waals surface area contributed by atoms with E-state index in [4.69, 9.17) is 0 Å². The second kappa shape index (κ2) is 6.13. The van der Waals surface area contributed by atoms with E-state index in [2.05, 4.69) is 21.2 Å². The van der Waals surface area contributed by atoms with E-state index in [1.54, 1.807) is 25.1 Å². The second-order valence-electron chi connectivity index (χ2n) is 4.35. The van der Waals surface area contributed by atoms with Crippen LogP contribution in [-0.4, -0.2) is 5.91 Å². The van der Waals surface area contributed by atoms with Crippen molar-refractivity contribution in [2.75, 3.05) is 0 Å². The molecule has 1 unspecified atom stereocenters. The van der Waals surface area contributed by atoms with Crippen LogP contribution >= 0.6 is 15.9 Å². The zero-order valence-corrected chi connectivity index (χ0v) is 12.2. The molecule has 2 aromatic rings. The van der Waals surface area contributed by atoms with Crippen molar-refractivity contribution >= 4 is 21.8 Å². The van der Waals surface area contributed by atoms with E-state index in [1.165, 1.54) is 18.2 Å². The summed E-state index contributed by atoms with van der Waals surface area (Å²) >= 11 is 3.02. The van der Waals surface area contributed by atoms with Gasteiger partial charge in [-0.15, -0.1) is 0 Å². The van der Waals surface area contributed by atoms with Crippen molar-refractivity contribution in [3.63, 3.8) is 0 Å². The van der Waals surface area contributed by atoms with Crippen molar-refractivity contribution in [2.45, 2.75) is 13.0 Å². The van der Waals surface area contributed by atoms with Gasteiger partial charge in [0.2, 0.25) is 0 Å². The smallest absolute Gasteiger partial charge is 0.251 e. The normalized spacial score (nSPS) is 12.0.